The summed E-state index contributed by atoms with van der Waals surface area (Å²) in [6, 6.07) is 14.6. The largest absolute Gasteiger partial charge is 0.350 e. The van der Waals surface area contributed by atoms with Gasteiger partial charge in [0.2, 0.25) is 5.91 Å². The number of rotatable bonds is 8. The summed E-state index contributed by atoms with van der Waals surface area (Å²) in [7, 11) is 0. The van der Waals surface area contributed by atoms with Crippen LogP contribution in [0.2, 0.25) is 0 Å². The number of aryl methyl sites for hydroxylation is 1. The van der Waals surface area contributed by atoms with Crippen LogP contribution in [0.4, 0.5) is 0 Å². The van der Waals surface area contributed by atoms with Gasteiger partial charge in [0.25, 0.3) is 5.91 Å². The molecule has 0 spiro atoms. The van der Waals surface area contributed by atoms with E-state index in [9.17, 15) is 9.59 Å². The summed E-state index contributed by atoms with van der Waals surface area (Å²) in [4.78, 5) is 25.2. The second-order valence-electron chi connectivity index (χ2n) is 5.93. The Balaban J connectivity index is 2.03. The van der Waals surface area contributed by atoms with E-state index < -0.39 is 6.04 Å². The van der Waals surface area contributed by atoms with Crippen molar-refractivity contribution in [3.05, 3.63) is 69.7 Å². The number of hydrogen-bond donors (Lipinski definition) is 2. The molecule has 0 aromatic heterocycles. The lowest BCUT2D eigenvalue weighted by molar-refractivity contribution is -0.123. The zero-order valence-corrected chi connectivity index (χ0v) is 17.3. The quantitative estimate of drug-likeness (QED) is 0.661. The van der Waals surface area contributed by atoms with E-state index in [-0.39, 0.29) is 11.8 Å². The number of carbonyl (C=O) groups is 2. The van der Waals surface area contributed by atoms with Crippen molar-refractivity contribution in [1.82, 2.24) is 10.6 Å². The van der Waals surface area contributed by atoms with Crippen molar-refractivity contribution in [2.45, 2.75) is 25.9 Å². The molecule has 1 atom stereocenters. The molecular weight excluding hydrogens is 412 g/mol. The van der Waals surface area contributed by atoms with Gasteiger partial charge >= 0.3 is 0 Å². The summed E-state index contributed by atoms with van der Waals surface area (Å²) < 4.78 is 0.710. The molecule has 6 heteroatoms. The zero-order valence-electron chi connectivity index (χ0n) is 14.9. The molecule has 4 nitrogen and oxygen atoms in total. The molecule has 26 heavy (non-hydrogen) atoms. The summed E-state index contributed by atoms with van der Waals surface area (Å²) in [5, 5.41) is 5.81. The van der Waals surface area contributed by atoms with Gasteiger partial charge in [0.05, 0.1) is 5.56 Å². The third kappa shape index (κ3) is 5.88. The van der Waals surface area contributed by atoms with E-state index in [0.29, 0.717) is 23.0 Å². The lowest BCUT2D eigenvalue weighted by Gasteiger charge is -2.19. The van der Waals surface area contributed by atoms with Gasteiger partial charge in [0.15, 0.2) is 0 Å². The van der Waals surface area contributed by atoms with Crippen LogP contribution in [0.5, 0.6) is 0 Å². The summed E-state index contributed by atoms with van der Waals surface area (Å²) in [6.07, 6.45) is 2.56. The second-order valence-corrected chi connectivity index (χ2v) is 7.77. The fourth-order valence-electron chi connectivity index (χ4n) is 2.50. The van der Waals surface area contributed by atoms with E-state index in [2.05, 4.69) is 26.6 Å². The molecule has 0 radical (unpaired) electrons. The average Bonchev–Trinajstić information content (AvgIpc) is 2.64. The van der Waals surface area contributed by atoms with E-state index in [1.54, 1.807) is 23.9 Å². The Morgan fingerprint density at radius 1 is 1.12 bits per heavy atom. The molecule has 0 saturated carbocycles. The number of amides is 2. The molecule has 2 aromatic carbocycles. The minimum Gasteiger partial charge on any atom is -0.350 e. The Morgan fingerprint density at radius 2 is 1.81 bits per heavy atom. The molecule has 0 aliphatic heterocycles. The molecule has 0 bridgehead atoms. The van der Waals surface area contributed by atoms with E-state index >= 15 is 0 Å². The van der Waals surface area contributed by atoms with E-state index in [1.807, 2.05) is 49.6 Å². The predicted octanol–water partition coefficient (Wildman–Crippen LogP) is 3.93. The van der Waals surface area contributed by atoms with Crippen LogP contribution in [-0.4, -0.2) is 29.9 Å². The van der Waals surface area contributed by atoms with E-state index in [4.69, 9.17) is 0 Å². The average molecular weight is 435 g/mol. The van der Waals surface area contributed by atoms with Crippen molar-refractivity contribution < 1.29 is 9.59 Å². The van der Waals surface area contributed by atoms with Crippen molar-refractivity contribution in [3.63, 3.8) is 0 Å². The molecule has 2 amide bonds. The van der Waals surface area contributed by atoms with Gasteiger partial charge in [-0.05, 0) is 64.5 Å². The first kappa shape index (κ1) is 20.5. The Bertz CT molecular complexity index is 767. The molecule has 2 rings (SSSR count). The molecular formula is C20H23BrN2O2S. The van der Waals surface area contributed by atoms with Gasteiger partial charge in [-0.15, -0.1) is 0 Å². The number of nitrogens with one attached hydrogen (secondary N) is 2. The van der Waals surface area contributed by atoms with Crippen LogP contribution in [0.3, 0.4) is 0 Å². The fourth-order valence-corrected chi connectivity index (χ4v) is 3.44. The van der Waals surface area contributed by atoms with Gasteiger partial charge in [-0.25, -0.2) is 0 Å². The molecule has 1 unspecified atom stereocenters. The van der Waals surface area contributed by atoms with Gasteiger partial charge in [-0.2, -0.15) is 11.8 Å². The summed E-state index contributed by atoms with van der Waals surface area (Å²) >= 11 is 5.03. The lowest BCUT2D eigenvalue weighted by Crippen LogP contribution is -2.47. The SMILES string of the molecule is CSCCC(NC(=O)c1ccccc1Br)C(=O)NCc1ccccc1C. The van der Waals surface area contributed by atoms with Crippen molar-refractivity contribution >= 4 is 39.5 Å². The highest BCUT2D eigenvalue weighted by atomic mass is 79.9. The third-order valence-corrected chi connectivity index (χ3v) is 5.40. The monoisotopic (exact) mass is 434 g/mol. The van der Waals surface area contributed by atoms with Crippen LogP contribution in [0, 0.1) is 6.92 Å². The second kappa shape index (κ2) is 10.4. The first-order valence-corrected chi connectivity index (χ1v) is 10.6. The lowest BCUT2D eigenvalue weighted by atomic mass is 10.1. The first-order chi connectivity index (χ1) is 12.5. The summed E-state index contributed by atoms with van der Waals surface area (Å²) in [6.45, 7) is 2.47. The van der Waals surface area contributed by atoms with Crippen LogP contribution in [0.15, 0.2) is 53.0 Å². The van der Waals surface area contributed by atoms with Crippen LogP contribution in [-0.2, 0) is 11.3 Å². The first-order valence-electron chi connectivity index (χ1n) is 8.39. The number of halogens is 1. The van der Waals surface area contributed by atoms with E-state index in [1.165, 1.54) is 0 Å². The summed E-state index contributed by atoms with van der Waals surface area (Å²) in [5.74, 6) is 0.371. The normalized spacial score (nSPS) is 11.7. The Morgan fingerprint density at radius 3 is 2.50 bits per heavy atom. The van der Waals surface area contributed by atoms with Crippen LogP contribution >= 0.6 is 27.7 Å². The van der Waals surface area contributed by atoms with Crippen molar-refractivity contribution in [3.8, 4) is 0 Å². The zero-order chi connectivity index (χ0) is 18.9. The molecule has 0 heterocycles. The third-order valence-electron chi connectivity index (χ3n) is 4.07. The maximum atomic E-state index is 12.6. The summed E-state index contributed by atoms with van der Waals surface area (Å²) in [5.41, 5.74) is 2.72. The molecule has 2 aromatic rings. The molecule has 2 N–H and O–H groups in total. The van der Waals surface area contributed by atoms with Crippen molar-refractivity contribution in [2.24, 2.45) is 0 Å². The van der Waals surface area contributed by atoms with Crippen molar-refractivity contribution in [2.75, 3.05) is 12.0 Å². The number of carbonyl (C=O) groups excluding carboxylic acids is 2. The van der Waals surface area contributed by atoms with Crippen LogP contribution < -0.4 is 10.6 Å². The molecule has 0 fully saturated rings. The molecule has 0 aliphatic carbocycles. The van der Waals surface area contributed by atoms with Gasteiger partial charge in [-0.3, -0.25) is 9.59 Å². The van der Waals surface area contributed by atoms with E-state index in [0.717, 1.165) is 16.9 Å². The molecule has 138 valence electrons. The molecule has 0 saturated heterocycles. The Labute approximate surface area is 167 Å². The van der Waals surface area contributed by atoms with Gasteiger partial charge in [0.1, 0.15) is 6.04 Å². The minimum atomic E-state index is -0.564. The number of thioether (sulfide) groups is 1. The number of hydrogen-bond acceptors (Lipinski definition) is 3. The number of benzene rings is 2. The smallest absolute Gasteiger partial charge is 0.253 e. The maximum absolute atomic E-state index is 12.6. The van der Waals surface area contributed by atoms with Crippen LogP contribution in [0.1, 0.15) is 27.9 Å². The van der Waals surface area contributed by atoms with Gasteiger partial charge < -0.3 is 10.6 Å². The fraction of sp³-hybridized carbons (Fsp3) is 0.300. The predicted molar refractivity (Wildman–Crippen MR) is 111 cm³/mol. The standard InChI is InChI=1S/C20H23BrN2O2S/c1-14-7-3-4-8-15(14)13-22-20(25)18(11-12-26-2)23-19(24)16-9-5-6-10-17(16)21/h3-10,18H,11-13H2,1-2H3,(H,22,25)(H,23,24). The highest BCUT2D eigenvalue weighted by Crippen LogP contribution is 2.16. The molecule has 0 aliphatic rings. The van der Waals surface area contributed by atoms with Gasteiger partial charge in [0, 0.05) is 11.0 Å². The highest BCUT2D eigenvalue weighted by Gasteiger charge is 2.22. The highest BCUT2D eigenvalue weighted by molar-refractivity contribution is 9.10. The van der Waals surface area contributed by atoms with Gasteiger partial charge in [-0.1, -0.05) is 36.4 Å². The topological polar surface area (TPSA) is 58.2 Å². The van der Waals surface area contributed by atoms with Crippen molar-refractivity contribution in [1.29, 1.82) is 0 Å². The Hall–Kier alpha value is -1.79. The minimum absolute atomic E-state index is 0.164. The Kier molecular flexibility index (Phi) is 8.19. The van der Waals surface area contributed by atoms with Crippen LogP contribution in [0.25, 0.3) is 0 Å². The maximum Gasteiger partial charge on any atom is 0.253 e.